The van der Waals surface area contributed by atoms with E-state index in [1.54, 1.807) is 0 Å². The van der Waals surface area contributed by atoms with Crippen molar-refractivity contribution in [2.75, 3.05) is 0 Å². The van der Waals surface area contributed by atoms with Crippen LogP contribution < -0.4 is 5.32 Å². The Morgan fingerprint density at radius 2 is 1.71 bits per heavy atom. The Labute approximate surface area is 223 Å². The molecule has 0 bridgehead atoms. The molecular weight excluding hydrogens is 474 g/mol. The topological polar surface area (TPSA) is 92.2 Å². The maximum atomic E-state index is 13.4. The van der Waals surface area contributed by atoms with Crippen LogP contribution in [-0.2, 0) is 16.6 Å². The molecule has 0 saturated carbocycles. The first-order valence-corrected chi connectivity index (χ1v) is 13.3. The Morgan fingerprint density at radius 3 is 2.50 bits per heavy atom. The van der Waals surface area contributed by atoms with E-state index < -0.39 is 5.97 Å². The molecule has 3 aromatic carbocycles. The van der Waals surface area contributed by atoms with Crippen LogP contribution in [0.25, 0.3) is 22.3 Å². The van der Waals surface area contributed by atoms with Crippen LogP contribution in [0.5, 0.6) is 0 Å². The fourth-order valence-electron chi connectivity index (χ4n) is 5.41. The number of benzene rings is 3. The molecule has 2 N–H and O–H groups in total. The lowest BCUT2D eigenvalue weighted by molar-refractivity contribution is -0.137. The second-order valence-corrected chi connectivity index (χ2v) is 10.7. The molecule has 5 rings (SSSR count). The van der Waals surface area contributed by atoms with Crippen molar-refractivity contribution >= 4 is 22.9 Å². The summed E-state index contributed by atoms with van der Waals surface area (Å²) in [5.41, 5.74) is 7.09. The van der Waals surface area contributed by atoms with Crippen LogP contribution in [-0.4, -0.2) is 27.0 Å². The van der Waals surface area contributed by atoms with Gasteiger partial charge in [-0.3, -0.25) is 9.59 Å². The minimum atomic E-state index is -0.794. The van der Waals surface area contributed by atoms with Gasteiger partial charge in [-0.15, -0.1) is 0 Å². The number of rotatable bonds is 8. The zero-order chi connectivity index (χ0) is 26.7. The monoisotopic (exact) mass is 507 g/mol. The van der Waals surface area contributed by atoms with Gasteiger partial charge in [0.15, 0.2) is 0 Å². The molecule has 194 valence electrons. The van der Waals surface area contributed by atoms with E-state index in [9.17, 15) is 9.59 Å². The van der Waals surface area contributed by atoms with E-state index in [4.69, 9.17) is 15.1 Å². The summed E-state index contributed by atoms with van der Waals surface area (Å²) in [5, 5.41) is 12.3. The third kappa shape index (κ3) is 5.44. The molecule has 38 heavy (non-hydrogen) atoms. The number of aromatic nitrogens is 2. The number of amides is 1. The van der Waals surface area contributed by atoms with Crippen LogP contribution in [0, 0.1) is 0 Å². The molecule has 1 amide bonds. The first-order chi connectivity index (χ1) is 18.3. The largest absolute Gasteiger partial charge is 0.481 e. The van der Waals surface area contributed by atoms with Crippen molar-refractivity contribution in [2.24, 2.45) is 0 Å². The SMILES string of the molecule is CC1(C)CCC(NC(=O)c2ccc3nc(-c4ccccc4)c(CCCCC(=O)O)nc3c2)c2ccccc21. The highest BCUT2D eigenvalue weighted by Gasteiger charge is 2.33. The third-order valence-corrected chi connectivity index (χ3v) is 7.53. The average molecular weight is 508 g/mol. The van der Waals surface area contributed by atoms with Crippen LogP contribution in [0.4, 0.5) is 0 Å². The average Bonchev–Trinajstić information content (AvgIpc) is 2.92. The number of fused-ring (bicyclic) bond motifs is 2. The molecule has 1 aliphatic carbocycles. The van der Waals surface area contributed by atoms with Gasteiger partial charge in [-0.25, -0.2) is 9.97 Å². The van der Waals surface area contributed by atoms with E-state index in [1.807, 2.05) is 54.6 Å². The normalized spacial score (nSPS) is 16.1. The van der Waals surface area contributed by atoms with Gasteiger partial charge in [0.25, 0.3) is 5.91 Å². The molecule has 1 aromatic heterocycles. The van der Waals surface area contributed by atoms with Crippen molar-refractivity contribution in [1.29, 1.82) is 0 Å². The molecule has 1 aliphatic rings. The number of hydrogen-bond acceptors (Lipinski definition) is 4. The van der Waals surface area contributed by atoms with Gasteiger partial charge in [0, 0.05) is 17.5 Å². The Balaban J connectivity index is 1.43. The predicted octanol–water partition coefficient (Wildman–Crippen LogP) is 6.64. The lowest BCUT2D eigenvalue weighted by Crippen LogP contribution is -2.35. The minimum Gasteiger partial charge on any atom is -0.481 e. The Bertz CT molecular complexity index is 1480. The summed E-state index contributed by atoms with van der Waals surface area (Å²) in [4.78, 5) is 34.1. The smallest absolute Gasteiger partial charge is 0.303 e. The van der Waals surface area contributed by atoms with Crippen LogP contribution in [0.15, 0.2) is 72.8 Å². The predicted molar refractivity (Wildman–Crippen MR) is 149 cm³/mol. The Morgan fingerprint density at radius 1 is 0.947 bits per heavy atom. The summed E-state index contributed by atoms with van der Waals surface area (Å²) in [5.74, 6) is -0.916. The van der Waals surface area contributed by atoms with Gasteiger partial charge < -0.3 is 10.4 Å². The van der Waals surface area contributed by atoms with Crippen molar-refractivity contribution in [3.63, 3.8) is 0 Å². The van der Waals surface area contributed by atoms with E-state index in [1.165, 1.54) is 11.1 Å². The molecule has 6 heteroatoms. The van der Waals surface area contributed by atoms with E-state index in [0.29, 0.717) is 30.3 Å². The summed E-state index contributed by atoms with van der Waals surface area (Å²) < 4.78 is 0. The van der Waals surface area contributed by atoms with Crippen LogP contribution in [0.2, 0.25) is 0 Å². The Hall–Kier alpha value is -4.06. The molecule has 6 nitrogen and oxygen atoms in total. The number of aliphatic carboxylic acids is 1. The highest BCUT2D eigenvalue weighted by molar-refractivity contribution is 5.97. The molecule has 1 unspecified atom stereocenters. The van der Waals surface area contributed by atoms with Crippen LogP contribution >= 0.6 is 0 Å². The van der Waals surface area contributed by atoms with Crippen LogP contribution in [0.3, 0.4) is 0 Å². The van der Waals surface area contributed by atoms with E-state index in [-0.39, 0.29) is 23.8 Å². The van der Waals surface area contributed by atoms with Crippen molar-refractivity contribution in [3.05, 3.63) is 95.2 Å². The Kier molecular flexibility index (Phi) is 7.23. The van der Waals surface area contributed by atoms with E-state index >= 15 is 0 Å². The van der Waals surface area contributed by atoms with Gasteiger partial charge >= 0.3 is 5.97 Å². The highest BCUT2D eigenvalue weighted by Crippen LogP contribution is 2.41. The number of unbranched alkanes of at least 4 members (excludes halogenated alkanes) is 1. The molecule has 0 saturated heterocycles. The van der Waals surface area contributed by atoms with Gasteiger partial charge in [-0.1, -0.05) is 68.4 Å². The maximum Gasteiger partial charge on any atom is 0.303 e. The molecule has 1 atom stereocenters. The van der Waals surface area contributed by atoms with Crippen molar-refractivity contribution in [2.45, 2.75) is 63.8 Å². The number of nitrogens with one attached hydrogen (secondary N) is 1. The fourth-order valence-corrected chi connectivity index (χ4v) is 5.41. The number of carboxylic acids is 1. The van der Waals surface area contributed by atoms with E-state index in [0.717, 1.165) is 35.3 Å². The summed E-state index contributed by atoms with van der Waals surface area (Å²) in [6.45, 7) is 4.52. The van der Waals surface area contributed by atoms with Crippen molar-refractivity contribution < 1.29 is 14.7 Å². The molecule has 0 spiro atoms. The fraction of sp³-hybridized carbons (Fsp3) is 0.312. The lowest BCUT2D eigenvalue weighted by Gasteiger charge is -2.37. The van der Waals surface area contributed by atoms with Crippen LogP contribution in [0.1, 0.15) is 79.2 Å². The molecular formula is C32H33N3O3. The van der Waals surface area contributed by atoms with Gasteiger partial charge in [0.1, 0.15) is 0 Å². The number of carbonyl (C=O) groups excluding carboxylic acids is 1. The summed E-state index contributed by atoms with van der Waals surface area (Å²) in [6, 6.07) is 23.7. The number of hydrogen-bond donors (Lipinski definition) is 2. The van der Waals surface area contributed by atoms with Gasteiger partial charge in [0.2, 0.25) is 0 Å². The molecule has 0 aliphatic heterocycles. The second-order valence-electron chi connectivity index (χ2n) is 10.7. The number of carbonyl (C=O) groups is 2. The number of aryl methyl sites for hydroxylation is 1. The van der Waals surface area contributed by atoms with Crippen molar-refractivity contribution in [1.82, 2.24) is 15.3 Å². The highest BCUT2D eigenvalue weighted by atomic mass is 16.4. The number of nitrogens with zero attached hydrogens (tertiary/aromatic N) is 2. The van der Waals surface area contributed by atoms with Crippen molar-refractivity contribution in [3.8, 4) is 11.3 Å². The van der Waals surface area contributed by atoms with Gasteiger partial charge in [-0.05, 0) is 66.8 Å². The first-order valence-electron chi connectivity index (χ1n) is 13.3. The third-order valence-electron chi connectivity index (χ3n) is 7.53. The van der Waals surface area contributed by atoms with Gasteiger partial charge in [-0.2, -0.15) is 0 Å². The maximum absolute atomic E-state index is 13.4. The quantitative estimate of drug-likeness (QED) is 0.261. The minimum absolute atomic E-state index is 0.0289. The van der Waals surface area contributed by atoms with E-state index in [2.05, 4.69) is 37.4 Å². The molecule has 0 fully saturated rings. The summed E-state index contributed by atoms with van der Waals surface area (Å²) in [6.07, 6.45) is 3.92. The molecule has 1 heterocycles. The summed E-state index contributed by atoms with van der Waals surface area (Å²) in [7, 11) is 0. The number of carboxylic acid groups (broad SMARTS) is 1. The zero-order valence-electron chi connectivity index (χ0n) is 21.9. The summed E-state index contributed by atoms with van der Waals surface area (Å²) >= 11 is 0. The molecule has 4 aromatic rings. The first kappa shape index (κ1) is 25.6. The zero-order valence-corrected chi connectivity index (χ0v) is 21.9. The second kappa shape index (κ2) is 10.7. The lowest BCUT2D eigenvalue weighted by atomic mass is 9.71. The molecule has 0 radical (unpaired) electrons. The van der Waals surface area contributed by atoms with Gasteiger partial charge in [0.05, 0.1) is 28.5 Å². The standard InChI is InChI=1S/C32H33N3O3/c1-32(2)19-18-25(23-12-6-7-13-24(23)32)35-31(38)22-16-17-26-28(20-22)33-27(14-8-9-15-29(36)37)30(34-26)21-10-4-3-5-11-21/h3-7,10-13,16-17,20,25H,8-9,14-15,18-19H2,1-2H3,(H,35,38)(H,36,37).